The summed E-state index contributed by atoms with van der Waals surface area (Å²) in [4.78, 5) is 47.7. The molecule has 11 heteroatoms. The number of nitrogens with one attached hydrogen (secondary N) is 1. The number of phenols is 1. The van der Waals surface area contributed by atoms with Crippen molar-refractivity contribution in [1.82, 2.24) is 9.13 Å². The molecule has 2 aromatic rings. The van der Waals surface area contributed by atoms with E-state index in [0.717, 1.165) is 15.2 Å². The SMILES string of the molecule is CCOc1cc([C@@H]2CC(=O)Nc3c2c(=O)n(C)c(=O)n3C)cc([N+](=O)[O-])c1O. The first-order valence-electron chi connectivity index (χ1n) is 8.41. The third-order valence-electron chi connectivity index (χ3n) is 4.67. The summed E-state index contributed by atoms with van der Waals surface area (Å²) in [6.07, 6.45) is -0.159. The maximum absolute atomic E-state index is 12.8. The molecule has 1 amide bonds. The van der Waals surface area contributed by atoms with Crippen molar-refractivity contribution in [3.8, 4) is 11.5 Å². The molecule has 1 aromatic heterocycles. The first-order valence-corrected chi connectivity index (χ1v) is 8.41. The van der Waals surface area contributed by atoms with Gasteiger partial charge in [-0.3, -0.25) is 28.8 Å². The van der Waals surface area contributed by atoms with Crippen molar-refractivity contribution in [3.05, 3.63) is 54.2 Å². The van der Waals surface area contributed by atoms with Gasteiger partial charge < -0.3 is 15.2 Å². The molecule has 2 N–H and O–H groups in total. The Morgan fingerprint density at radius 2 is 1.96 bits per heavy atom. The molecule has 1 aliphatic rings. The van der Waals surface area contributed by atoms with Crippen LogP contribution in [-0.2, 0) is 18.9 Å². The molecular formula is C17H18N4O7. The van der Waals surface area contributed by atoms with Gasteiger partial charge in [-0.05, 0) is 18.6 Å². The van der Waals surface area contributed by atoms with Crippen LogP contribution in [-0.4, -0.2) is 31.7 Å². The van der Waals surface area contributed by atoms with Crippen LogP contribution in [0, 0.1) is 10.1 Å². The second kappa shape index (κ2) is 6.83. The Kier molecular flexibility index (Phi) is 4.67. The fourth-order valence-corrected chi connectivity index (χ4v) is 3.31. The number of aromatic hydroxyl groups is 1. The minimum Gasteiger partial charge on any atom is -0.500 e. The summed E-state index contributed by atoms with van der Waals surface area (Å²) in [6, 6.07) is 2.47. The lowest BCUT2D eigenvalue weighted by Crippen LogP contribution is -2.44. The van der Waals surface area contributed by atoms with E-state index in [1.807, 2.05) is 0 Å². The van der Waals surface area contributed by atoms with Gasteiger partial charge in [0.15, 0.2) is 5.75 Å². The first kappa shape index (κ1) is 19.1. The topological polar surface area (TPSA) is 146 Å². The first-order chi connectivity index (χ1) is 13.2. The van der Waals surface area contributed by atoms with Crippen LogP contribution in [0.25, 0.3) is 0 Å². The minimum atomic E-state index is -0.854. The molecule has 0 saturated heterocycles. The molecule has 148 valence electrons. The number of hydrogen-bond acceptors (Lipinski definition) is 7. The third kappa shape index (κ3) is 2.90. The number of carbonyl (C=O) groups excluding carboxylic acids is 1. The van der Waals surface area contributed by atoms with E-state index in [-0.39, 0.29) is 35.7 Å². The van der Waals surface area contributed by atoms with E-state index in [2.05, 4.69) is 5.32 Å². The van der Waals surface area contributed by atoms with Gasteiger partial charge in [0.2, 0.25) is 11.7 Å². The smallest absolute Gasteiger partial charge is 0.332 e. The van der Waals surface area contributed by atoms with Gasteiger partial charge in [0.1, 0.15) is 5.82 Å². The van der Waals surface area contributed by atoms with Gasteiger partial charge in [-0.1, -0.05) is 0 Å². The number of amides is 1. The van der Waals surface area contributed by atoms with E-state index >= 15 is 0 Å². The van der Waals surface area contributed by atoms with E-state index < -0.39 is 39.4 Å². The molecule has 2 heterocycles. The van der Waals surface area contributed by atoms with E-state index in [0.29, 0.717) is 0 Å². The largest absolute Gasteiger partial charge is 0.500 e. The number of anilines is 1. The molecule has 1 aromatic carbocycles. The van der Waals surface area contributed by atoms with Crippen molar-refractivity contribution in [2.75, 3.05) is 11.9 Å². The molecule has 28 heavy (non-hydrogen) atoms. The number of fused-ring (bicyclic) bond motifs is 1. The zero-order chi connectivity index (χ0) is 20.7. The highest BCUT2D eigenvalue weighted by molar-refractivity contribution is 5.94. The molecule has 0 bridgehead atoms. The summed E-state index contributed by atoms with van der Waals surface area (Å²) in [6.45, 7) is 1.79. The molecule has 0 fully saturated rings. The number of nitro groups is 1. The van der Waals surface area contributed by atoms with Crippen molar-refractivity contribution in [2.24, 2.45) is 14.1 Å². The Hall–Kier alpha value is -3.63. The summed E-state index contributed by atoms with van der Waals surface area (Å²) in [7, 11) is 2.72. The number of ether oxygens (including phenoxy) is 1. The quantitative estimate of drug-likeness (QED) is 0.573. The van der Waals surface area contributed by atoms with Crippen molar-refractivity contribution in [2.45, 2.75) is 19.3 Å². The van der Waals surface area contributed by atoms with E-state index in [1.165, 1.54) is 20.2 Å². The van der Waals surface area contributed by atoms with Gasteiger partial charge in [-0.25, -0.2) is 4.79 Å². The van der Waals surface area contributed by atoms with Crippen molar-refractivity contribution in [1.29, 1.82) is 0 Å². The number of nitrogens with zero attached hydrogens (tertiary/aromatic N) is 3. The normalized spacial score (nSPS) is 15.7. The van der Waals surface area contributed by atoms with Gasteiger partial charge >= 0.3 is 11.4 Å². The molecule has 1 aliphatic heterocycles. The highest BCUT2D eigenvalue weighted by Gasteiger charge is 2.34. The van der Waals surface area contributed by atoms with Crippen molar-refractivity contribution in [3.63, 3.8) is 0 Å². The summed E-state index contributed by atoms with van der Waals surface area (Å²) in [5.41, 5.74) is -1.45. The molecule has 0 spiro atoms. The number of carbonyl (C=O) groups is 1. The van der Waals surface area contributed by atoms with Crippen molar-refractivity contribution >= 4 is 17.4 Å². The Morgan fingerprint density at radius 1 is 1.29 bits per heavy atom. The number of nitro benzene ring substituents is 1. The zero-order valence-electron chi connectivity index (χ0n) is 15.4. The fraction of sp³-hybridized carbons (Fsp3) is 0.353. The Balaban J connectivity index is 2.33. The maximum atomic E-state index is 12.8. The highest BCUT2D eigenvalue weighted by Crippen LogP contribution is 2.42. The molecule has 3 rings (SSSR count). The summed E-state index contributed by atoms with van der Waals surface area (Å²) >= 11 is 0. The van der Waals surface area contributed by atoms with Crippen LogP contribution < -0.4 is 21.3 Å². The van der Waals surface area contributed by atoms with Crippen LogP contribution in [0.3, 0.4) is 0 Å². The lowest BCUT2D eigenvalue weighted by Gasteiger charge is -2.27. The number of rotatable bonds is 4. The molecule has 0 aliphatic carbocycles. The van der Waals surface area contributed by atoms with Gasteiger partial charge in [-0.15, -0.1) is 0 Å². The standard InChI is InChI=1S/C17H18N4O7/c1-4-28-11-6-8(5-10(14(11)23)21(26)27)9-7-12(22)18-15-13(9)16(24)20(3)17(25)19(15)2/h5-6,9,23H,4,7H2,1-3H3,(H,18,22)/t9-/m0/s1. The van der Waals surface area contributed by atoms with Crippen LogP contribution in [0.4, 0.5) is 11.5 Å². The van der Waals surface area contributed by atoms with Crippen LogP contribution in [0.15, 0.2) is 21.7 Å². The highest BCUT2D eigenvalue weighted by atomic mass is 16.6. The minimum absolute atomic E-state index is 0.0445. The summed E-state index contributed by atoms with van der Waals surface area (Å²) in [5, 5.41) is 23.9. The molecular weight excluding hydrogens is 372 g/mol. The van der Waals surface area contributed by atoms with E-state index in [1.54, 1.807) is 6.92 Å². The predicted octanol–water partition coefficient (Wildman–Crippen LogP) is 0.571. The number of aromatic nitrogens is 2. The average Bonchev–Trinajstić information content (AvgIpc) is 2.65. The van der Waals surface area contributed by atoms with Gasteiger partial charge in [-0.2, -0.15) is 0 Å². The van der Waals surface area contributed by atoms with Crippen LogP contribution >= 0.6 is 0 Å². The van der Waals surface area contributed by atoms with Crippen LogP contribution in [0.5, 0.6) is 11.5 Å². The second-order valence-electron chi connectivity index (χ2n) is 6.35. The Bertz CT molecular complexity index is 1120. The summed E-state index contributed by atoms with van der Waals surface area (Å²) in [5.74, 6) is -2.02. The van der Waals surface area contributed by atoms with Crippen molar-refractivity contribution < 1.29 is 19.6 Å². The van der Waals surface area contributed by atoms with Gasteiger partial charge in [0, 0.05) is 32.5 Å². The second-order valence-corrected chi connectivity index (χ2v) is 6.35. The Labute approximate surface area is 157 Å². The fourth-order valence-electron chi connectivity index (χ4n) is 3.31. The lowest BCUT2D eigenvalue weighted by molar-refractivity contribution is -0.386. The maximum Gasteiger partial charge on any atom is 0.332 e. The lowest BCUT2D eigenvalue weighted by atomic mass is 9.86. The van der Waals surface area contributed by atoms with Crippen LogP contribution in [0.2, 0.25) is 0 Å². The monoisotopic (exact) mass is 390 g/mol. The number of benzene rings is 1. The molecule has 0 saturated carbocycles. The third-order valence-corrected chi connectivity index (χ3v) is 4.67. The molecule has 0 radical (unpaired) electrons. The number of hydrogen-bond donors (Lipinski definition) is 2. The predicted molar refractivity (Wildman–Crippen MR) is 97.9 cm³/mol. The Morgan fingerprint density at radius 3 is 2.57 bits per heavy atom. The average molecular weight is 390 g/mol. The molecule has 1 atom stereocenters. The van der Waals surface area contributed by atoms with Gasteiger partial charge in [0.05, 0.1) is 17.1 Å². The zero-order valence-corrected chi connectivity index (χ0v) is 15.4. The summed E-state index contributed by atoms with van der Waals surface area (Å²) < 4.78 is 7.32. The van der Waals surface area contributed by atoms with Gasteiger partial charge in [0.25, 0.3) is 5.56 Å². The molecule has 0 unspecified atom stereocenters. The number of phenolic OH excluding ortho intramolecular Hbond substituents is 1. The van der Waals surface area contributed by atoms with E-state index in [4.69, 9.17) is 4.74 Å². The van der Waals surface area contributed by atoms with Crippen LogP contribution in [0.1, 0.15) is 30.4 Å². The van der Waals surface area contributed by atoms with E-state index in [9.17, 15) is 29.6 Å². The molecule has 11 nitrogen and oxygen atoms in total.